The predicted molar refractivity (Wildman–Crippen MR) is 67.6 cm³/mol. The largest absolute Gasteiger partial charge is 0.380 e. The molecule has 17 heavy (non-hydrogen) atoms. The summed E-state index contributed by atoms with van der Waals surface area (Å²) in [5.74, 6) is 0. The lowest BCUT2D eigenvalue weighted by atomic mass is 10.2. The summed E-state index contributed by atoms with van der Waals surface area (Å²) in [6.45, 7) is 4.10. The average molecular weight is 299 g/mol. The maximum Gasteiger partial charge on any atom is 0.138 e. The molecule has 0 amide bonds. The van der Waals surface area contributed by atoms with E-state index in [9.17, 15) is 5.11 Å². The van der Waals surface area contributed by atoms with Gasteiger partial charge in [0, 0.05) is 13.1 Å². The van der Waals surface area contributed by atoms with Crippen LogP contribution >= 0.6 is 15.9 Å². The van der Waals surface area contributed by atoms with Gasteiger partial charge in [-0.1, -0.05) is 0 Å². The van der Waals surface area contributed by atoms with E-state index >= 15 is 0 Å². The summed E-state index contributed by atoms with van der Waals surface area (Å²) in [4.78, 5) is 4.09. The van der Waals surface area contributed by atoms with Crippen LogP contribution in [0.25, 0.3) is 0 Å². The minimum atomic E-state index is -0.734. The summed E-state index contributed by atoms with van der Waals surface area (Å²) in [6.07, 6.45) is 4.36. The second-order valence-corrected chi connectivity index (χ2v) is 5.08. The van der Waals surface area contributed by atoms with Crippen molar-refractivity contribution in [2.45, 2.75) is 26.0 Å². The number of hydrogen-bond acceptors (Lipinski definition) is 3. The minimum absolute atomic E-state index is 0.258. The zero-order chi connectivity index (χ0) is 12.6. The Bertz CT molecular complexity index is 498. The van der Waals surface area contributed by atoms with E-state index in [1.54, 1.807) is 30.5 Å². The highest BCUT2D eigenvalue weighted by Gasteiger charge is 2.22. The monoisotopic (exact) mass is 298 g/mol. The van der Waals surface area contributed by atoms with Crippen molar-refractivity contribution in [1.29, 1.82) is 0 Å². The Labute approximate surface area is 108 Å². The molecule has 2 rings (SSSR count). The van der Waals surface area contributed by atoms with Gasteiger partial charge in [-0.3, -0.25) is 4.68 Å². The fourth-order valence-electron chi connectivity index (χ4n) is 1.83. The molecular weight excluding hydrogens is 284 g/mol. The molecule has 92 valence electrons. The first-order valence-electron chi connectivity index (χ1n) is 5.39. The highest BCUT2D eigenvalue weighted by atomic mass is 79.9. The first kappa shape index (κ1) is 12.3. The SMILES string of the molecule is CC(C)n1cncc1C(O)c1c(Br)cnn1C. The molecule has 0 spiro atoms. The van der Waals surface area contributed by atoms with Gasteiger partial charge in [-0.05, 0) is 29.8 Å². The Morgan fingerprint density at radius 2 is 2.06 bits per heavy atom. The Hall–Kier alpha value is -1.14. The zero-order valence-electron chi connectivity index (χ0n) is 10.0. The van der Waals surface area contributed by atoms with E-state index in [1.165, 1.54) is 0 Å². The number of aliphatic hydroxyl groups is 1. The lowest BCUT2D eigenvalue weighted by molar-refractivity contribution is 0.197. The minimum Gasteiger partial charge on any atom is -0.380 e. The van der Waals surface area contributed by atoms with Gasteiger partial charge in [0.1, 0.15) is 6.10 Å². The zero-order valence-corrected chi connectivity index (χ0v) is 11.6. The molecule has 5 nitrogen and oxygen atoms in total. The van der Waals surface area contributed by atoms with Crippen LogP contribution < -0.4 is 0 Å². The third-order valence-electron chi connectivity index (χ3n) is 2.73. The van der Waals surface area contributed by atoms with E-state index in [2.05, 4.69) is 39.9 Å². The molecule has 2 aromatic heterocycles. The first-order valence-corrected chi connectivity index (χ1v) is 6.19. The topological polar surface area (TPSA) is 55.9 Å². The van der Waals surface area contributed by atoms with Gasteiger partial charge in [-0.25, -0.2) is 4.98 Å². The maximum absolute atomic E-state index is 10.4. The molecule has 1 unspecified atom stereocenters. The molecule has 0 fully saturated rings. The van der Waals surface area contributed by atoms with Crippen molar-refractivity contribution in [3.8, 4) is 0 Å². The third kappa shape index (κ3) is 2.14. The van der Waals surface area contributed by atoms with Gasteiger partial charge in [0.05, 0.1) is 34.6 Å². The van der Waals surface area contributed by atoms with Crippen LogP contribution in [0, 0.1) is 0 Å². The van der Waals surface area contributed by atoms with Gasteiger partial charge in [0.15, 0.2) is 0 Å². The molecule has 1 atom stereocenters. The highest BCUT2D eigenvalue weighted by Crippen LogP contribution is 2.28. The quantitative estimate of drug-likeness (QED) is 0.943. The Balaban J connectivity index is 2.44. The number of nitrogens with zero attached hydrogens (tertiary/aromatic N) is 4. The summed E-state index contributed by atoms with van der Waals surface area (Å²) in [5, 5.41) is 14.5. The number of halogens is 1. The van der Waals surface area contributed by atoms with Gasteiger partial charge >= 0.3 is 0 Å². The second-order valence-electron chi connectivity index (χ2n) is 4.22. The van der Waals surface area contributed by atoms with Crippen LogP contribution in [0.2, 0.25) is 0 Å². The molecule has 0 aliphatic rings. The van der Waals surface area contributed by atoms with Crippen LogP contribution in [-0.4, -0.2) is 24.4 Å². The Kier molecular flexibility index (Phi) is 3.35. The van der Waals surface area contributed by atoms with E-state index < -0.39 is 6.10 Å². The van der Waals surface area contributed by atoms with E-state index in [0.717, 1.165) is 15.9 Å². The van der Waals surface area contributed by atoms with Crippen molar-refractivity contribution < 1.29 is 5.11 Å². The summed E-state index contributed by atoms with van der Waals surface area (Å²) < 4.78 is 4.40. The molecule has 0 radical (unpaired) electrons. The Morgan fingerprint density at radius 3 is 2.59 bits per heavy atom. The van der Waals surface area contributed by atoms with Crippen molar-refractivity contribution in [2.24, 2.45) is 7.05 Å². The van der Waals surface area contributed by atoms with Gasteiger partial charge in [-0.2, -0.15) is 5.10 Å². The van der Waals surface area contributed by atoms with E-state index in [1.807, 2.05) is 4.57 Å². The van der Waals surface area contributed by atoms with E-state index in [4.69, 9.17) is 0 Å². The molecule has 0 saturated heterocycles. The standard InChI is InChI=1S/C11H15BrN4O/c1-7(2)16-6-13-5-9(16)11(17)10-8(12)4-14-15(10)3/h4-7,11,17H,1-3H3. The molecule has 0 bridgehead atoms. The van der Waals surface area contributed by atoms with Crippen molar-refractivity contribution >= 4 is 15.9 Å². The molecule has 0 aliphatic heterocycles. The van der Waals surface area contributed by atoms with E-state index in [0.29, 0.717) is 0 Å². The van der Waals surface area contributed by atoms with Crippen molar-refractivity contribution in [3.05, 3.63) is 34.6 Å². The van der Waals surface area contributed by atoms with Gasteiger partial charge < -0.3 is 9.67 Å². The second kappa shape index (κ2) is 4.62. The number of aliphatic hydroxyl groups excluding tert-OH is 1. The fraction of sp³-hybridized carbons (Fsp3) is 0.455. The highest BCUT2D eigenvalue weighted by molar-refractivity contribution is 9.10. The van der Waals surface area contributed by atoms with Gasteiger partial charge in [0.2, 0.25) is 0 Å². The van der Waals surface area contributed by atoms with Crippen molar-refractivity contribution in [3.63, 3.8) is 0 Å². The van der Waals surface area contributed by atoms with E-state index in [-0.39, 0.29) is 6.04 Å². The molecule has 1 N–H and O–H groups in total. The van der Waals surface area contributed by atoms with Crippen LogP contribution in [0.1, 0.15) is 37.4 Å². The number of imidazole rings is 1. The normalized spacial score (nSPS) is 13.3. The molecule has 2 aromatic rings. The fourth-order valence-corrected chi connectivity index (χ4v) is 2.39. The predicted octanol–water partition coefficient (Wildman–Crippen LogP) is 2.04. The summed E-state index contributed by atoms with van der Waals surface area (Å²) in [7, 11) is 1.80. The molecule has 2 heterocycles. The maximum atomic E-state index is 10.4. The van der Waals surface area contributed by atoms with Gasteiger partial charge in [-0.15, -0.1) is 0 Å². The van der Waals surface area contributed by atoms with Crippen LogP contribution in [-0.2, 0) is 7.05 Å². The summed E-state index contributed by atoms with van der Waals surface area (Å²) in [5.41, 5.74) is 1.50. The van der Waals surface area contributed by atoms with Crippen LogP contribution in [0.3, 0.4) is 0 Å². The van der Waals surface area contributed by atoms with Crippen LogP contribution in [0.15, 0.2) is 23.2 Å². The lowest BCUT2D eigenvalue weighted by Crippen LogP contribution is -2.13. The van der Waals surface area contributed by atoms with Crippen molar-refractivity contribution in [1.82, 2.24) is 19.3 Å². The number of hydrogen-bond donors (Lipinski definition) is 1. The van der Waals surface area contributed by atoms with Crippen molar-refractivity contribution in [2.75, 3.05) is 0 Å². The molecule has 6 heteroatoms. The average Bonchev–Trinajstić information content (AvgIpc) is 2.85. The summed E-state index contributed by atoms with van der Waals surface area (Å²) >= 11 is 3.39. The number of aryl methyl sites for hydroxylation is 1. The molecular formula is C11H15BrN4O. The number of rotatable bonds is 3. The third-order valence-corrected chi connectivity index (χ3v) is 3.34. The van der Waals surface area contributed by atoms with Crippen LogP contribution in [0.4, 0.5) is 0 Å². The Morgan fingerprint density at radius 1 is 1.35 bits per heavy atom. The smallest absolute Gasteiger partial charge is 0.138 e. The number of aromatic nitrogens is 4. The van der Waals surface area contributed by atoms with Crippen LogP contribution in [0.5, 0.6) is 0 Å². The first-order chi connectivity index (χ1) is 8.02. The molecule has 0 saturated carbocycles. The molecule has 0 aliphatic carbocycles. The summed E-state index contributed by atoms with van der Waals surface area (Å²) in [6, 6.07) is 0.258. The van der Waals surface area contributed by atoms with Gasteiger partial charge in [0.25, 0.3) is 0 Å². The lowest BCUT2D eigenvalue weighted by Gasteiger charge is -2.17. The molecule has 0 aromatic carbocycles.